The average Bonchev–Trinajstić information content (AvgIpc) is 3.61. The summed E-state index contributed by atoms with van der Waals surface area (Å²) in [7, 11) is 0. The van der Waals surface area contributed by atoms with Crippen LogP contribution < -0.4 is 4.74 Å². The first-order valence-corrected chi connectivity index (χ1v) is 14.6. The number of carbonyl (C=O) groups is 1. The maximum Gasteiger partial charge on any atom is 0.416 e. The summed E-state index contributed by atoms with van der Waals surface area (Å²) >= 11 is 0. The van der Waals surface area contributed by atoms with E-state index in [9.17, 15) is 27.5 Å². The fraction of sp³-hybridized carbons (Fsp3) is 0.406. The lowest BCUT2D eigenvalue weighted by atomic mass is 9.91. The highest BCUT2D eigenvalue weighted by Gasteiger charge is 2.58. The van der Waals surface area contributed by atoms with Gasteiger partial charge in [-0.25, -0.2) is 19.2 Å². The number of nitrogens with zero attached hydrogens (tertiary/aromatic N) is 4. The smallest absolute Gasteiger partial charge is 0.416 e. The monoisotopic (exact) mass is 610 g/mol. The summed E-state index contributed by atoms with van der Waals surface area (Å²) in [5, 5.41) is 9.51. The molecule has 8 nitrogen and oxygen atoms in total. The lowest BCUT2D eigenvalue weighted by molar-refractivity contribution is -0.137. The molecule has 3 aliphatic rings. The Morgan fingerprint density at radius 1 is 1.14 bits per heavy atom. The molecule has 4 heterocycles. The van der Waals surface area contributed by atoms with E-state index in [-0.39, 0.29) is 29.3 Å². The number of hydrogen-bond acceptors (Lipinski definition) is 6. The summed E-state index contributed by atoms with van der Waals surface area (Å²) in [6.45, 7) is 3.44. The second-order valence-electron chi connectivity index (χ2n) is 11.9. The average molecular weight is 611 g/mol. The fourth-order valence-electron chi connectivity index (χ4n) is 6.50. The van der Waals surface area contributed by atoms with Gasteiger partial charge in [-0.15, -0.1) is 0 Å². The van der Waals surface area contributed by atoms with Gasteiger partial charge >= 0.3 is 12.1 Å². The Kier molecular flexibility index (Phi) is 7.08. The number of benzene rings is 2. The van der Waals surface area contributed by atoms with Gasteiger partial charge < -0.3 is 19.1 Å². The van der Waals surface area contributed by atoms with E-state index in [1.807, 2.05) is 12.1 Å². The van der Waals surface area contributed by atoms with Crippen LogP contribution in [0.15, 0.2) is 54.6 Å². The minimum Gasteiger partial charge on any atom is -0.478 e. The number of aromatic nitrogens is 3. The summed E-state index contributed by atoms with van der Waals surface area (Å²) in [6.07, 6.45) is -1.70. The first-order chi connectivity index (χ1) is 21.1. The van der Waals surface area contributed by atoms with E-state index in [4.69, 9.17) is 19.4 Å². The predicted molar refractivity (Wildman–Crippen MR) is 151 cm³/mol. The number of imidazole rings is 1. The van der Waals surface area contributed by atoms with Crippen LogP contribution in [0.3, 0.4) is 0 Å². The molecule has 1 saturated carbocycles. The number of halogens is 4. The predicted octanol–water partition coefficient (Wildman–Crippen LogP) is 5.82. The van der Waals surface area contributed by atoms with E-state index in [1.54, 1.807) is 24.3 Å². The van der Waals surface area contributed by atoms with Crippen molar-refractivity contribution in [3.05, 3.63) is 88.6 Å². The molecule has 3 atom stereocenters. The fourth-order valence-corrected chi connectivity index (χ4v) is 6.50. The zero-order valence-electron chi connectivity index (χ0n) is 23.7. The molecule has 1 N–H and O–H groups in total. The van der Waals surface area contributed by atoms with Crippen LogP contribution in [0.4, 0.5) is 17.6 Å². The number of carboxylic acid groups (broad SMARTS) is 1. The zero-order valence-corrected chi connectivity index (χ0v) is 23.7. The summed E-state index contributed by atoms with van der Waals surface area (Å²) in [4.78, 5) is 23.6. The maximum atomic E-state index is 14.3. The van der Waals surface area contributed by atoms with Crippen molar-refractivity contribution in [3.8, 4) is 5.88 Å². The molecule has 0 amide bonds. The number of piperidine rings is 1. The Balaban J connectivity index is 1.03. The molecule has 2 saturated heterocycles. The van der Waals surface area contributed by atoms with Crippen LogP contribution in [-0.4, -0.2) is 56.3 Å². The molecule has 44 heavy (non-hydrogen) atoms. The highest BCUT2D eigenvalue weighted by atomic mass is 19.4. The van der Waals surface area contributed by atoms with E-state index in [0.29, 0.717) is 31.0 Å². The van der Waals surface area contributed by atoms with E-state index in [0.717, 1.165) is 73.6 Å². The minimum atomic E-state index is -4.61. The van der Waals surface area contributed by atoms with Crippen molar-refractivity contribution in [2.24, 2.45) is 5.92 Å². The molecule has 7 rings (SSSR count). The standard InChI is InChI=1S/C32H30F4N4O4/c33-24-13-21(32(34,35)36)6-4-20(24)18-44-29-3-1-2-27(38-29)31-9-10-39(15-22(31)14-31)17-28-37-25-7-5-19(30(41)42)12-26(25)40(28)16-23-8-11-43-23/h1-7,12-13,22-23H,8-11,14-18H2,(H,41,42). The molecule has 0 bridgehead atoms. The SMILES string of the molecule is O=C(O)c1ccc2nc(CN3CCC4(c5cccc(OCc6ccc(C(F)(F)F)cc6F)n5)CC4C3)n(CC3CCO3)c2c1. The number of aromatic carboxylic acids is 1. The van der Waals surface area contributed by atoms with Gasteiger partial charge in [0.05, 0.1) is 47.0 Å². The molecule has 3 fully saturated rings. The molecule has 0 spiro atoms. The molecule has 2 aliphatic heterocycles. The van der Waals surface area contributed by atoms with E-state index >= 15 is 0 Å². The summed E-state index contributed by atoms with van der Waals surface area (Å²) in [6, 6.07) is 12.9. The number of pyridine rings is 1. The van der Waals surface area contributed by atoms with Crippen LogP contribution in [0.25, 0.3) is 11.0 Å². The molecule has 0 radical (unpaired) electrons. The van der Waals surface area contributed by atoms with Gasteiger partial charge in [0.2, 0.25) is 5.88 Å². The van der Waals surface area contributed by atoms with Crippen molar-refractivity contribution in [1.82, 2.24) is 19.4 Å². The van der Waals surface area contributed by atoms with Gasteiger partial charge in [0, 0.05) is 30.2 Å². The van der Waals surface area contributed by atoms with E-state index in [2.05, 4.69) is 9.47 Å². The number of fused-ring (bicyclic) bond motifs is 2. The Bertz CT molecular complexity index is 1740. The molecule has 2 aromatic heterocycles. The third-order valence-corrected chi connectivity index (χ3v) is 9.19. The van der Waals surface area contributed by atoms with Gasteiger partial charge in [-0.05, 0) is 68.1 Å². The largest absolute Gasteiger partial charge is 0.478 e. The first kappa shape index (κ1) is 28.7. The minimum absolute atomic E-state index is 0.0232. The molecule has 1 aliphatic carbocycles. The second-order valence-corrected chi connectivity index (χ2v) is 11.9. The van der Waals surface area contributed by atoms with Crippen LogP contribution in [0.1, 0.15) is 52.3 Å². The van der Waals surface area contributed by atoms with Gasteiger partial charge in [-0.1, -0.05) is 12.1 Å². The van der Waals surface area contributed by atoms with Crippen molar-refractivity contribution in [3.63, 3.8) is 0 Å². The van der Waals surface area contributed by atoms with Crippen LogP contribution in [0, 0.1) is 11.7 Å². The Labute approximate surface area is 250 Å². The molecule has 4 aromatic rings. The van der Waals surface area contributed by atoms with Gasteiger partial charge in [-0.3, -0.25) is 4.90 Å². The molecular formula is C32H30F4N4O4. The first-order valence-electron chi connectivity index (χ1n) is 14.6. The van der Waals surface area contributed by atoms with Crippen LogP contribution in [-0.2, 0) is 36.0 Å². The third-order valence-electron chi connectivity index (χ3n) is 9.19. The van der Waals surface area contributed by atoms with E-state index < -0.39 is 23.5 Å². The number of rotatable bonds is 9. The van der Waals surface area contributed by atoms with Crippen LogP contribution in [0.5, 0.6) is 5.88 Å². The highest BCUT2D eigenvalue weighted by molar-refractivity contribution is 5.92. The number of carboxylic acids is 1. The Hall–Kier alpha value is -4.03. The third kappa shape index (κ3) is 5.41. The molecule has 12 heteroatoms. The van der Waals surface area contributed by atoms with Crippen molar-refractivity contribution >= 4 is 17.0 Å². The molecular weight excluding hydrogens is 580 g/mol. The van der Waals surface area contributed by atoms with Gasteiger partial charge in [-0.2, -0.15) is 13.2 Å². The summed E-state index contributed by atoms with van der Waals surface area (Å²) in [5.74, 6) is -0.373. The summed E-state index contributed by atoms with van der Waals surface area (Å²) in [5.41, 5.74) is 1.60. The van der Waals surface area contributed by atoms with Crippen molar-refractivity contribution in [1.29, 1.82) is 0 Å². The normalized spacial score (nSPS) is 23.3. The molecule has 3 unspecified atom stereocenters. The Morgan fingerprint density at radius 2 is 1.98 bits per heavy atom. The quantitative estimate of drug-likeness (QED) is 0.239. The zero-order chi connectivity index (χ0) is 30.6. The number of likely N-dealkylation sites (tertiary alicyclic amines) is 1. The second kappa shape index (κ2) is 10.8. The van der Waals surface area contributed by atoms with Crippen molar-refractivity contribution in [2.75, 3.05) is 19.7 Å². The molecule has 2 aromatic carbocycles. The summed E-state index contributed by atoms with van der Waals surface area (Å²) < 4.78 is 66.4. The van der Waals surface area contributed by atoms with Gasteiger partial charge in [0.1, 0.15) is 18.2 Å². The number of ether oxygens (including phenoxy) is 2. The number of alkyl halides is 3. The molecule has 230 valence electrons. The van der Waals surface area contributed by atoms with Crippen LogP contribution in [0.2, 0.25) is 0 Å². The number of hydrogen-bond donors (Lipinski definition) is 1. The van der Waals surface area contributed by atoms with Crippen molar-refractivity contribution in [2.45, 2.75) is 56.7 Å². The highest BCUT2D eigenvalue weighted by Crippen LogP contribution is 2.59. The van der Waals surface area contributed by atoms with Crippen molar-refractivity contribution < 1.29 is 36.9 Å². The topological polar surface area (TPSA) is 89.7 Å². The van der Waals surface area contributed by atoms with E-state index in [1.165, 1.54) is 0 Å². The van der Waals surface area contributed by atoms with Gasteiger partial charge in [0.25, 0.3) is 0 Å². The maximum absolute atomic E-state index is 14.3. The van der Waals surface area contributed by atoms with Crippen LogP contribution >= 0.6 is 0 Å². The lowest BCUT2D eigenvalue weighted by Gasteiger charge is -2.32. The lowest BCUT2D eigenvalue weighted by Crippen LogP contribution is -2.37. The van der Waals surface area contributed by atoms with Gasteiger partial charge in [0.15, 0.2) is 0 Å². The Morgan fingerprint density at radius 3 is 2.68 bits per heavy atom.